The number of benzene rings is 1. The third-order valence-electron chi connectivity index (χ3n) is 1.89. The molecule has 1 N–H and O–H groups in total. The minimum Gasteiger partial charge on any atom is -0.467 e. The standard InChI is InChI=1S/C10H9ClO4/c1-15-10(14)9(13)6-2-3-7(5-12)8(11)4-6/h2-5,9,13H,1H3. The van der Waals surface area contributed by atoms with Crippen LogP contribution in [0.3, 0.4) is 0 Å². The second-order valence-electron chi connectivity index (χ2n) is 2.82. The van der Waals surface area contributed by atoms with Gasteiger partial charge in [0.05, 0.1) is 12.1 Å². The summed E-state index contributed by atoms with van der Waals surface area (Å²) in [6.07, 6.45) is -0.787. The molecule has 1 rings (SSSR count). The molecule has 0 aromatic heterocycles. The number of aliphatic hydroxyl groups is 1. The molecule has 0 saturated heterocycles. The summed E-state index contributed by atoms with van der Waals surface area (Å²) in [4.78, 5) is 21.5. The summed E-state index contributed by atoms with van der Waals surface area (Å²) >= 11 is 5.73. The van der Waals surface area contributed by atoms with Crippen molar-refractivity contribution >= 4 is 23.9 Å². The number of carbonyl (C=O) groups is 2. The summed E-state index contributed by atoms with van der Waals surface area (Å²) in [6.45, 7) is 0. The van der Waals surface area contributed by atoms with E-state index in [1.807, 2.05) is 0 Å². The molecular formula is C10H9ClO4. The lowest BCUT2D eigenvalue weighted by molar-refractivity contribution is -0.150. The first kappa shape index (κ1) is 11.7. The Balaban J connectivity index is 3.02. The molecule has 5 heteroatoms. The van der Waals surface area contributed by atoms with E-state index >= 15 is 0 Å². The van der Waals surface area contributed by atoms with Gasteiger partial charge in [0.1, 0.15) is 0 Å². The maximum absolute atomic E-state index is 11.0. The zero-order valence-corrected chi connectivity index (χ0v) is 8.69. The molecule has 0 radical (unpaired) electrons. The SMILES string of the molecule is COC(=O)C(O)c1ccc(C=O)c(Cl)c1. The number of rotatable bonds is 3. The van der Waals surface area contributed by atoms with Crippen LogP contribution in [0.15, 0.2) is 18.2 Å². The summed E-state index contributed by atoms with van der Waals surface area (Å²) in [5, 5.41) is 9.64. The molecule has 0 heterocycles. The van der Waals surface area contributed by atoms with Crippen molar-refractivity contribution < 1.29 is 19.4 Å². The second-order valence-corrected chi connectivity index (χ2v) is 3.23. The predicted molar refractivity (Wildman–Crippen MR) is 53.8 cm³/mol. The Labute approximate surface area is 91.4 Å². The van der Waals surface area contributed by atoms with Crippen LogP contribution in [0.4, 0.5) is 0 Å². The minimum atomic E-state index is -1.38. The molecule has 0 saturated carbocycles. The zero-order chi connectivity index (χ0) is 11.4. The van der Waals surface area contributed by atoms with Gasteiger partial charge in [-0.05, 0) is 17.7 Å². The third-order valence-corrected chi connectivity index (χ3v) is 2.22. The van der Waals surface area contributed by atoms with E-state index < -0.39 is 12.1 Å². The smallest absolute Gasteiger partial charge is 0.339 e. The van der Waals surface area contributed by atoms with Crippen molar-refractivity contribution in [2.45, 2.75) is 6.10 Å². The van der Waals surface area contributed by atoms with E-state index in [-0.39, 0.29) is 10.6 Å². The molecule has 0 aliphatic carbocycles. The Bertz CT molecular complexity index is 389. The average molecular weight is 229 g/mol. The summed E-state index contributed by atoms with van der Waals surface area (Å²) in [7, 11) is 1.17. The molecule has 80 valence electrons. The first-order valence-electron chi connectivity index (χ1n) is 4.10. The molecule has 0 fully saturated rings. The fraction of sp³-hybridized carbons (Fsp3) is 0.200. The van der Waals surface area contributed by atoms with Crippen LogP contribution in [0.2, 0.25) is 5.02 Å². The summed E-state index contributed by atoms with van der Waals surface area (Å²) in [5.41, 5.74) is 0.593. The van der Waals surface area contributed by atoms with Crippen molar-refractivity contribution in [3.8, 4) is 0 Å². The highest BCUT2D eigenvalue weighted by Crippen LogP contribution is 2.21. The fourth-order valence-electron chi connectivity index (χ4n) is 1.06. The van der Waals surface area contributed by atoms with Crippen molar-refractivity contribution in [3.05, 3.63) is 34.3 Å². The quantitative estimate of drug-likeness (QED) is 0.627. The van der Waals surface area contributed by atoms with Crippen molar-refractivity contribution in [1.82, 2.24) is 0 Å². The molecule has 1 aromatic rings. The molecule has 0 amide bonds. The van der Waals surface area contributed by atoms with E-state index in [0.717, 1.165) is 0 Å². The van der Waals surface area contributed by atoms with E-state index in [0.29, 0.717) is 11.8 Å². The summed E-state index contributed by atoms with van der Waals surface area (Å²) < 4.78 is 4.36. The van der Waals surface area contributed by atoms with Crippen molar-refractivity contribution in [2.75, 3.05) is 7.11 Å². The van der Waals surface area contributed by atoms with Crippen LogP contribution in [-0.2, 0) is 9.53 Å². The van der Waals surface area contributed by atoms with Gasteiger partial charge in [-0.2, -0.15) is 0 Å². The molecule has 0 spiro atoms. The van der Waals surface area contributed by atoms with Crippen molar-refractivity contribution in [2.24, 2.45) is 0 Å². The van der Waals surface area contributed by atoms with Gasteiger partial charge < -0.3 is 9.84 Å². The number of hydrogen-bond donors (Lipinski definition) is 1. The summed E-state index contributed by atoms with van der Waals surface area (Å²) in [5.74, 6) is -0.773. The molecule has 0 aliphatic rings. The van der Waals surface area contributed by atoms with Gasteiger partial charge in [-0.15, -0.1) is 0 Å². The zero-order valence-electron chi connectivity index (χ0n) is 7.94. The first-order valence-corrected chi connectivity index (χ1v) is 4.48. The number of aliphatic hydroxyl groups excluding tert-OH is 1. The van der Waals surface area contributed by atoms with Crippen LogP contribution in [0.25, 0.3) is 0 Å². The van der Waals surface area contributed by atoms with Crippen LogP contribution >= 0.6 is 11.6 Å². The lowest BCUT2D eigenvalue weighted by atomic mass is 10.1. The Morgan fingerprint density at radius 2 is 2.27 bits per heavy atom. The van der Waals surface area contributed by atoms with Gasteiger partial charge in [-0.1, -0.05) is 17.7 Å². The Kier molecular flexibility index (Phi) is 3.82. The van der Waals surface area contributed by atoms with Gasteiger partial charge in [-0.25, -0.2) is 4.79 Å². The van der Waals surface area contributed by atoms with Crippen LogP contribution in [0, 0.1) is 0 Å². The number of hydrogen-bond acceptors (Lipinski definition) is 4. The minimum absolute atomic E-state index is 0.186. The lowest BCUT2D eigenvalue weighted by Gasteiger charge is -2.09. The molecule has 0 bridgehead atoms. The van der Waals surface area contributed by atoms with Crippen LogP contribution in [0.5, 0.6) is 0 Å². The first-order chi connectivity index (χ1) is 7.10. The summed E-state index contributed by atoms with van der Waals surface area (Å²) in [6, 6.07) is 4.22. The molecule has 1 unspecified atom stereocenters. The highest BCUT2D eigenvalue weighted by Gasteiger charge is 2.18. The van der Waals surface area contributed by atoms with Crippen molar-refractivity contribution in [1.29, 1.82) is 0 Å². The van der Waals surface area contributed by atoms with Gasteiger partial charge in [0.25, 0.3) is 0 Å². The maximum Gasteiger partial charge on any atom is 0.339 e. The monoisotopic (exact) mass is 228 g/mol. The fourth-order valence-corrected chi connectivity index (χ4v) is 1.29. The van der Waals surface area contributed by atoms with Gasteiger partial charge in [-0.3, -0.25) is 4.79 Å². The van der Waals surface area contributed by atoms with Gasteiger partial charge in [0, 0.05) is 5.56 Å². The lowest BCUT2D eigenvalue weighted by Crippen LogP contribution is -2.13. The number of carbonyl (C=O) groups excluding carboxylic acids is 2. The van der Waals surface area contributed by atoms with Crippen LogP contribution in [0.1, 0.15) is 22.0 Å². The van der Waals surface area contributed by atoms with Crippen LogP contribution < -0.4 is 0 Å². The van der Waals surface area contributed by atoms with E-state index in [9.17, 15) is 14.7 Å². The van der Waals surface area contributed by atoms with Gasteiger partial charge in [0.15, 0.2) is 12.4 Å². The van der Waals surface area contributed by atoms with Gasteiger partial charge in [0.2, 0.25) is 0 Å². The average Bonchev–Trinajstić information content (AvgIpc) is 2.26. The highest BCUT2D eigenvalue weighted by molar-refractivity contribution is 6.33. The van der Waals surface area contributed by atoms with E-state index in [4.69, 9.17) is 11.6 Å². The molecule has 1 atom stereocenters. The topological polar surface area (TPSA) is 63.6 Å². The van der Waals surface area contributed by atoms with Gasteiger partial charge >= 0.3 is 5.97 Å². The van der Waals surface area contributed by atoms with E-state index in [1.165, 1.54) is 25.3 Å². The number of esters is 1. The molecule has 1 aromatic carbocycles. The van der Waals surface area contributed by atoms with Crippen molar-refractivity contribution in [3.63, 3.8) is 0 Å². The Hall–Kier alpha value is -1.39. The third kappa shape index (κ3) is 2.55. The maximum atomic E-state index is 11.0. The molecule has 4 nitrogen and oxygen atoms in total. The Morgan fingerprint density at radius 1 is 1.60 bits per heavy atom. The number of methoxy groups -OCH3 is 1. The Morgan fingerprint density at radius 3 is 2.73 bits per heavy atom. The number of halogens is 1. The number of aldehydes is 1. The predicted octanol–water partition coefficient (Wildman–Crippen LogP) is 1.36. The normalized spacial score (nSPS) is 11.9. The second kappa shape index (κ2) is 4.91. The highest BCUT2D eigenvalue weighted by atomic mass is 35.5. The van der Waals surface area contributed by atoms with Crippen LogP contribution in [-0.4, -0.2) is 24.5 Å². The molecule has 15 heavy (non-hydrogen) atoms. The number of ether oxygens (including phenoxy) is 1. The largest absolute Gasteiger partial charge is 0.467 e. The van der Waals surface area contributed by atoms with E-state index in [2.05, 4.69) is 4.74 Å². The molecule has 0 aliphatic heterocycles. The molecular weight excluding hydrogens is 220 g/mol. The van der Waals surface area contributed by atoms with E-state index in [1.54, 1.807) is 0 Å².